The first-order valence-electron chi connectivity index (χ1n) is 9.22. The average molecular weight is 320 g/mol. The second-order valence-electron chi connectivity index (χ2n) is 7.21. The summed E-state index contributed by atoms with van der Waals surface area (Å²) in [5, 5.41) is 9.15. The van der Waals surface area contributed by atoms with Crippen molar-refractivity contribution in [3.63, 3.8) is 0 Å². The van der Waals surface area contributed by atoms with Crippen LogP contribution in [0.3, 0.4) is 0 Å². The molecule has 1 unspecified atom stereocenters. The minimum Gasteiger partial charge on any atom is -0.381 e. The van der Waals surface area contributed by atoms with Crippen LogP contribution < -0.4 is 4.90 Å². The topological polar surface area (TPSA) is 52.4 Å². The average Bonchev–Trinajstić information content (AvgIpc) is 3.33. The van der Waals surface area contributed by atoms with Crippen LogP contribution in [0.2, 0.25) is 0 Å². The van der Waals surface area contributed by atoms with E-state index in [1.807, 2.05) is 0 Å². The molecule has 1 saturated carbocycles. The zero-order chi connectivity index (χ0) is 15.5. The summed E-state index contributed by atoms with van der Waals surface area (Å²) in [6.45, 7) is 6.20. The molecule has 0 amide bonds. The van der Waals surface area contributed by atoms with E-state index in [1.165, 1.54) is 31.5 Å². The Balaban J connectivity index is 1.54. The van der Waals surface area contributed by atoms with Crippen molar-refractivity contribution in [1.29, 1.82) is 0 Å². The van der Waals surface area contributed by atoms with E-state index in [4.69, 9.17) is 9.47 Å². The van der Waals surface area contributed by atoms with E-state index in [0.717, 1.165) is 70.8 Å². The van der Waals surface area contributed by atoms with Crippen molar-refractivity contribution in [1.82, 2.24) is 14.8 Å². The molecule has 3 heterocycles. The van der Waals surface area contributed by atoms with Crippen molar-refractivity contribution in [2.45, 2.75) is 45.1 Å². The number of hydrogen-bond donors (Lipinski definition) is 0. The Morgan fingerprint density at radius 2 is 1.74 bits per heavy atom. The lowest BCUT2D eigenvalue weighted by atomic mass is 10.0. The van der Waals surface area contributed by atoms with Crippen molar-refractivity contribution in [2.24, 2.45) is 11.8 Å². The molecule has 4 rings (SSSR count). The molecule has 2 saturated heterocycles. The highest BCUT2D eigenvalue weighted by molar-refractivity contribution is 5.32. The Kier molecular flexibility index (Phi) is 4.80. The first-order valence-corrected chi connectivity index (χ1v) is 9.22. The Morgan fingerprint density at radius 1 is 0.913 bits per heavy atom. The minimum absolute atomic E-state index is 0.605. The molecule has 0 spiro atoms. The van der Waals surface area contributed by atoms with Crippen molar-refractivity contribution >= 4 is 5.95 Å². The van der Waals surface area contributed by atoms with Gasteiger partial charge in [0.15, 0.2) is 0 Å². The fourth-order valence-electron chi connectivity index (χ4n) is 4.12. The third-order valence-electron chi connectivity index (χ3n) is 5.51. The minimum atomic E-state index is 0.605. The molecule has 128 valence electrons. The predicted molar refractivity (Wildman–Crippen MR) is 87.6 cm³/mol. The number of aromatic nitrogens is 3. The first-order chi connectivity index (χ1) is 11.4. The van der Waals surface area contributed by atoms with Gasteiger partial charge in [-0.25, -0.2) is 0 Å². The lowest BCUT2D eigenvalue weighted by Crippen LogP contribution is -2.38. The molecule has 1 aliphatic carbocycles. The summed E-state index contributed by atoms with van der Waals surface area (Å²) in [7, 11) is 0. The van der Waals surface area contributed by atoms with Crippen LogP contribution in [0.5, 0.6) is 0 Å². The van der Waals surface area contributed by atoms with Gasteiger partial charge in [-0.05, 0) is 12.3 Å². The molecule has 6 nitrogen and oxygen atoms in total. The lowest BCUT2D eigenvalue weighted by Gasteiger charge is -2.28. The molecular weight excluding hydrogens is 292 g/mol. The number of nitrogens with zero attached hydrogens (tertiary/aromatic N) is 4. The maximum atomic E-state index is 5.58. The third-order valence-corrected chi connectivity index (χ3v) is 5.51. The summed E-state index contributed by atoms with van der Waals surface area (Å²) in [6, 6.07) is 0. The van der Waals surface area contributed by atoms with Crippen molar-refractivity contribution in [2.75, 3.05) is 44.4 Å². The zero-order valence-electron chi connectivity index (χ0n) is 14.0. The van der Waals surface area contributed by atoms with Gasteiger partial charge in [0.25, 0.3) is 0 Å². The molecule has 0 N–H and O–H groups in total. The molecule has 1 atom stereocenters. The number of ether oxygens (including phenoxy) is 2. The highest BCUT2D eigenvalue weighted by Gasteiger charge is 2.26. The number of rotatable bonds is 5. The van der Waals surface area contributed by atoms with Crippen LogP contribution in [-0.2, 0) is 22.4 Å². The van der Waals surface area contributed by atoms with E-state index in [0.29, 0.717) is 5.92 Å². The monoisotopic (exact) mass is 320 g/mol. The van der Waals surface area contributed by atoms with Crippen molar-refractivity contribution in [3.8, 4) is 0 Å². The van der Waals surface area contributed by atoms with Crippen LogP contribution in [0, 0.1) is 11.8 Å². The summed E-state index contributed by atoms with van der Waals surface area (Å²) in [6.07, 6.45) is 7.71. The third kappa shape index (κ3) is 3.53. The summed E-state index contributed by atoms with van der Waals surface area (Å²) in [5.41, 5.74) is 0. The van der Waals surface area contributed by atoms with Gasteiger partial charge in [-0.1, -0.05) is 25.7 Å². The number of anilines is 1. The molecule has 3 fully saturated rings. The Morgan fingerprint density at radius 3 is 2.48 bits per heavy atom. The van der Waals surface area contributed by atoms with Gasteiger partial charge < -0.3 is 14.4 Å². The smallest absolute Gasteiger partial charge is 0.227 e. The fraction of sp³-hybridized carbons (Fsp3) is 0.882. The quantitative estimate of drug-likeness (QED) is 0.829. The summed E-state index contributed by atoms with van der Waals surface area (Å²) in [4.78, 5) is 2.34. The van der Waals surface area contributed by atoms with E-state index < -0.39 is 0 Å². The summed E-state index contributed by atoms with van der Waals surface area (Å²) >= 11 is 0. The maximum Gasteiger partial charge on any atom is 0.227 e. The molecule has 6 heteroatoms. The van der Waals surface area contributed by atoms with E-state index in [-0.39, 0.29) is 0 Å². The maximum absolute atomic E-state index is 5.58. The second-order valence-corrected chi connectivity index (χ2v) is 7.21. The van der Waals surface area contributed by atoms with Crippen molar-refractivity contribution < 1.29 is 9.47 Å². The summed E-state index contributed by atoms with van der Waals surface area (Å²) in [5.74, 6) is 3.64. The highest BCUT2D eigenvalue weighted by Crippen LogP contribution is 2.29. The van der Waals surface area contributed by atoms with Gasteiger partial charge >= 0.3 is 0 Å². The lowest BCUT2D eigenvalue weighted by molar-refractivity contribution is 0.121. The largest absolute Gasteiger partial charge is 0.381 e. The van der Waals surface area contributed by atoms with Crippen LogP contribution in [0.1, 0.15) is 37.9 Å². The van der Waals surface area contributed by atoms with Crippen LogP contribution in [-0.4, -0.2) is 54.3 Å². The van der Waals surface area contributed by atoms with Crippen LogP contribution in [0.4, 0.5) is 5.95 Å². The van der Waals surface area contributed by atoms with Crippen LogP contribution in [0.25, 0.3) is 0 Å². The first kappa shape index (κ1) is 15.4. The molecule has 1 aromatic heterocycles. The molecule has 2 aliphatic heterocycles. The second kappa shape index (κ2) is 7.18. The molecular formula is C17H28N4O2. The molecule has 0 radical (unpaired) electrons. The van der Waals surface area contributed by atoms with Crippen LogP contribution in [0.15, 0.2) is 0 Å². The fourth-order valence-corrected chi connectivity index (χ4v) is 4.12. The standard InChI is InChI=1S/C17H28N4O2/c1-2-4-14(3-1)11-16-18-19-17(20-6-9-22-10-7-20)21(16)12-15-5-8-23-13-15/h14-15H,1-13H2. The predicted octanol–water partition coefficient (Wildman–Crippen LogP) is 1.88. The zero-order valence-corrected chi connectivity index (χ0v) is 14.0. The van der Waals surface area contributed by atoms with Crippen molar-refractivity contribution in [3.05, 3.63) is 5.82 Å². The van der Waals surface area contributed by atoms with Crippen LogP contribution >= 0.6 is 0 Å². The Hall–Kier alpha value is -1.14. The molecule has 23 heavy (non-hydrogen) atoms. The molecule has 3 aliphatic rings. The van der Waals surface area contributed by atoms with Gasteiger partial charge in [-0.3, -0.25) is 4.57 Å². The SMILES string of the molecule is C1CCC(Cc2nnc(N3CCOCC3)n2CC2CCOC2)C1. The van der Waals surface area contributed by atoms with E-state index in [9.17, 15) is 0 Å². The van der Waals surface area contributed by atoms with Gasteiger partial charge in [0, 0.05) is 38.6 Å². The molecule has 0 bridgehead atoms. The van der Waals surface area contributed by atoms with Gasteiger partial charge in [-0.15, -0.1) is 10.2 Å². The number of hydrogen-bond acceptors (Lipinski definition) is 5. The van der Waals surface area contributed by atoms with Gasteiger partial charge in [0.1, 0.15) is 5.82 Å². The van der Waals surface area contributed by atoms with Gasteiger partial charge in [-0.2, -0.15) is 0 Å². The number of morpholine rings is 1. The van der Waals surface area contributed by atoms with E-state index in [2.05, 4.69) is 19.7 Å². The molecule has 0 aromatic carbocycles. The summed E-state index contributed by atoms with van der Waals surface area (Å²) < 4.78 is 13.5. The molecule has 1 aromatic rings. The Labute approximate surface area is 138 Å². The highest BCUT2D eigenvalue weighted by atomic mass is 16.5. The van der Waals surface area contributed by atoms with Gasteiger partial charge in [0.05, 0.1) is 19.8 Å². The normalized spacial score (nSPS) is 26.3. The Bertz CT molecular complexity index is 501. The van der Waals surface area contributed by atoms with Gasteiger partial charge in [0.2, 0.25) is 5.95 Å². The van der Waals surface area contributed by atoms with E-state index >= 15 is 0 Å². The van der Waals surface area contributed by atoms with E-state index in [1.54, 1.807) is 0 Å².